The fourth-order valence-electron chi connectivity index (χ4n) is 2.45. The highest BCUT2D eigenvalue weighted by atomic mass is 32.2. The van der Waals surface area contributed by atoms with Gasteiger partial charge in [-0.2, -0.15) is 11.8 Å². The van der Waals surface area contributed by atoms with Crippen LogP contribution in [-0.4, -0.2) is 23.1 Å². The monoisotopic (exact) mass is 185 g/mol. The van der Waals surface area contributed by atoms with Crippen LogP contribution in [0.4, 0.5) is 0 Å². The SMILES string of the molecule is CC1(CC2CCCN2)CCCS1. The highest BCUT2D eigenvalue weighted by molar-refractivity contribution is 8.00. The van der Waals surface area contributed by atoms with E-state index in [2.05, 4.69) is 24.0 Å². The van der Waals surface area contributed by atoms with Crippen LogP contribution in [0, 0.1) is 0 Å². The summed E-state index contributed by atoms with van der Waals surface area (Å²) in [5.41, 5.74) is 0. The van der Waals surface area contributed by atoms with Gasteiger partial charge in [0.2, 0.25) is 0 Å². The maximum Gasteiger partial charge on any atom is 0.0147 e. The van der Waals surface area contributed by atoms with E-state index in [-0.39, 0.29) is 0 Å². The number of thioether (sulfide) groups is 1. The summed E-state index contributed by atoms with van der Waals surface area (Å²) in [6, 6.07) is 0.834. The number of rotatable bonds is 2. The molecule has 2 aliphatic heterocycles. The molecule has 0 aromatic rings. The van der Waals surface area contributed by atoms with Crippen LogP contribution in [0.3, 0.4) is 0 Å². The van der Waals surface area contributed by atoms with Crippen LogP contribution < -0.4 is 5.32 Å². The zero-order valence-electron chi connectivity index (χ0n) is 7.94. The van der Waals surface area contributed by atoms with Crippen LogP contribution in [0.5, 0.6) is 0 Å². The highest BCUT2D eigenvalue weighted by Gasteiger charge is 2.32. The largest absolute Gasteiger partial charge is 0.314 e. The van der Waals surface area contributed by atoms with Crippen LogP contribution >= 0.6 is 11.8 Å². The van der Waals surface area contributed by atoms with Gasteiger partial charge in [0, 0.05) is 10.8 Å². The fourth-order valence-corrected chi connectivity index (χ4v) is 3.84. The van der Waals surface area contributed by atoms with E-state index >= 15 is 0 Å². The van der Waals surface area contributed by atoms with Gasteiger partial charge in [0.25, 0.3) is 0 Å². The molecule has 1 N–H and O–H groups in total. The molecule has 0 amide bonds. The molecule has 0 radical (unpaired) electrons. The lowest BCUT2D eigenvalue weighted by Gasteiger charge is -2.26. The zero-order chi connectivity index (χ0) is 8.44. The summed E-state index contributed by atoms with van der Waals surface area (Å²) in [6.45, 7) is 3.70. The van der Waals surface area contributed by atoms with Gasteiger partial charge >= 0.3 is 0 Å². The van der Waals surface area contributed by atoms with Gasteiger partial charge < -0.3 is 5.32 Å². The van der Waals surface area contributed by atoms with E-state index in [4.69, 9.17) is 0 Å². The van der Waals surface area contributed by atoms with Crippen LogP contribution in [0.25, 0.3) is 0 Å². The standard InChI is InChI=1S/C10H19NS/c1-10(5-3-7-12-10)8-9-4-2-6-11-9/h9,11H,2-8H2,1H3. The molecular weight excluding hydrogens is 166 g/mol. The molecule has 2 unspecified atom stereocenters. The van der Waals surface area contributed by atoms with Crippen LogP contribution in [-0.2, 0) is 0 Å². The topological polar surface area (TPSA) is 12.0 Å². The molecule has 0 aliphatic carbocycles. The predicted octanol–water partition coefficient (Wildman–Crippen LogP) is 2.41. The molecule has 2 heterocycles. The maximum absolute atomic E-state index is 3.60. The van der Waals surface area contributed by atoms with Crippen molar-refractivity contribution in [2.45, 2.75) is 49.8 Å². The average Bonchev–Trinajstić information content (AvgIpc) is 2.62. The van der Waals surface area contributed by atoms with Crippen molar-refractivity contribution in [2.75, 3.05) is 12.3 Å². The van der Waals surface area contributed by atoms with Gasteiger partial charge in [0.05, 0.1) is 0 Å². The van der Waals surface area contributed by atoms with E-state index in [1.807, 2.05) is 0 Å². The van der Waals surface area contributed by atoms with Gasteiger partial charge in [0.15, 0.2) is 0 Å². The molecule has 2 rings (SSSR count). The summed E-state index contributed by atoms with van der Waals surface area (Å²) in [4.78, 5) is 0. The summed E-state index contributed by atoms with van der Waals surface area (Å²) in [6.07, 6.45) is 7.09. The molecule has 2 saturated heterocycles. The lowest BCUT2D eigenvalue weighted by Crippen LogP contribution is -2.30. The van der Waals surface area contributed by atoms with E-state index < -0.39 is 0 Å². The Balaban J connectivity index is 1.83. The first-order chi connectivity index (χ1) is 5.79. The minimum atomic E-state index is 0.613. The third-order valence-electron chi connectivity index (χ3n) is 3.14. The third-order valence-corrected chi connectivity index (χ3v) is 4.70. The summed E-state index contributed by atoms with van der Waals surface area (Å²) < 4.78 is 0.613. The molecule has 12 heavy (non-hydrogen) atoms. The van der Waals surface area contributed by atoms with Crippen molar-refractivity contribution in [1.82, 2.24) is 5.32 Å². The van der Waals surface area contributed by atoms with Crippen molar-refractivity contribution < 1.29 is 0 Å². The Bertz CT molecular complexity index is 146. The second kappa shape index (κ2) is 3.59. The molecule has 2 heteroatoms. The molecule has 0 saturated carbocycles. The molecule has 70 valence electrons. The smallest absolute Gasteiger partial charge is 0.0147 e. The quantitative estimate of drug-likeness (QED) is 0.709. The summed E-state index contributed by atoms with van der Waals surface area (Å²) in [7, 11) is 0. The fraction of sp³-hybridized carbons (Fsp3) is 1.00. The number of hydrogen-bond donors (Lipinski definition) is 1. The summed E-state index contributed by atoms with van der Waals surface area (Å²) >= 11 is 2.19. The Labute approximate surface area is 79.7 Å². The molecule has 2 fully saturated rings. The predicted molar refractivity (Wildman–Crippen MR) is 55.7 cm³/mol. The minimum Gasteiger partial charge on any atom is -0.314 e. The van der Waals surface area contributed by atoms with Gasteiger partial charge in [-0.1, -0.05) is 6.92 Å². The van der Waals surface area contributed by atoms with Gasteiger partial charge in [-0.15, -0.1) is 0 Å². The number of hydrogen-bond acceptors (Lipinski definition) is 2. The zero-order valence-corrected chi connectivity index (χ0v) is 8.75. The molecule has 2 aliphatic rings. The second-order valence-corrected chi connectivity index (χ2v) is 6.08. The van der Waals surface area contributed by atoms with Crippen molar-refractivity contribution in [3.8, 4) is 0 Å². The van der Waals surface area contributed by atoms with Gasteiger partial charge in [-0.25, -0.2) is 0 Å². The summed E-state index contributed by atoms with van der Waals surface area (Å²) in [5.74, 6) is 1.39. The van der Waals surface area contributed by atoms with E-state index in [0.717, 1.165) is 6.04 Å². The molecule has 0 aromatic carbocycles. The third kappa shape index (κ3) is 1.97. The van der Waals surface area contributed by atoms with E-state index in [9.17, 15) is 0 Å². The van der Waals surface area contributed by atoms with E-state index in [0.29, 0.717) is 4.75 Å². The first kappa shape index (κ1) is 8.89. The van der Waals surface area contributed by atoms with Crippen molar-refractivity contribution in [3.63, 3.8) is 0 Å². The molecule has 0 spiro atoms. The maximum atomic E-state index is 3.60. The molecule has 0 bridgehead atoms. The van der Waals surface area contributed by atoms with E-state index in [1.165, 1.54) is 44.4 Å². The Morgan fingerprint density at radius 2 is 2.42 bits per heavy atom. The van der Waals surface area contributed by atoms with Crippen molar-refractivity contribution in [2.24, 2.45) is 0 Å². The first-order valence-electron chi connectivity index (χ1n) is 5.16. The molecular formula is C10H19NS. The Kier molecular flexibility index (Phi) is 2.66. The normalized spacial score (nSPS) is 42.2. The minimum absolute atomic E-state index is 0.613. The molecule has 1 nitrogen and oxygen atoms in total. The molecule has 0 aromatic heterocycles. The summed E-state index contributed by atoms with van der Waals surface area (Å²) in [5, 5.41) is 3.60. The van der Waals surface area contributed by atoms with Crippen molar-refractivity contribution in [3.05, 3.63) is 0 Å². The van der Waals surface area contributed by atoms with Crippen molar-refractivity contribution >= 4 is 11.8 Å². The molecule has 2 atom stereocenters. The van der Waals surface area contributed by atoms with Crippen LogP contribution in [0.2, 0.25) is 0 Å². The highest BCUT2D eigenvalue weighted by Crippen LogP contribution is 2.41. The van der Waals surface area contributed by atoms with Gasteiger partial charge in [0.1, 0.15) is 0 Å². The van der Waals surface area contributed by atoms with Crippen LogP contribution in [0.1, 0.15) is 39.0 Å². The van der Waals surface area contributed by atoms with Gasteiger partial charge in [-0.05, 0) is 44.4 Å². The van der Waals surface area contributed by atoms with E-state index in [1.54, 1.807) is 0 Å². The Hall–Kier alpha value is 0.310. The lowest BCUT2D eigenvalue weighted by molar-refractivity contribution is 0.460. The lowest BCUT2D eigenvalue weighted by atomic mass is 9.96. The average molecular weight is 185 g/mol. The number of nitrogens with one attached hydrogen (secondary N) is 1. The first-order valence-corrected chi connectivity index (χ1v) is 6.14. The Morgan fingerprint density at radius 3 is 3.00 bits per heavy atom. The second-order valence-electron chi connectivity index (χ2n) is 4.40. The Morgan fingerprint density at radius 1 is 1.50 bits per heavy atom. The van der Waals surface area contributed by atoms with Crippen LogP contribution in [0.15, 0.2) is 0 Å². The van der Waals surface area contributed by atoms with Gasteiger partial charge in [-0.3, -0.25) is 0 Å². The van der Waals surface area contributed by atoms with Crippen molar-refractivity contribution in [1.29, 1.82) is 0 Å².